The van der Waals surface area contributed by atoms with Crippen molar-refractivity contribution in [3.63, 3.8) is 0 Å². The van der Waals surface area contributed by atoms with Crippen molar-refractivity contribution in [3.05, 3.63) is 63.6 Å². The molecule has 2 aromatic rings. The monoisotopic (exact) mass is 305 g/mol. The molecule has 0 aliphatic carbocycles. The number of benzene rings is 2. The lowest BCUT2D eigenvalue weighted by Crippen LogP contribution is -2.36. The third-order valence-electron chi connectivity index (χ3n) is 3.60. The minimum absolute atomic E-state index is 0.104. The van der Waals surface area contributed by atoms with E-state index in [1.54, 1.807) is 23.1 Å². The first-order valence-corrected chi connectivity index (χ1v) is 7.20. The lowest BCUT2D eigenvalue weighted by Gasteiger charge is -2.23. The van der Waals surface area contributed by atoms with E-state index in [1.165, 1.54) is 5.56 Å². The van der Waals surface area contributed by atoms with Crippen LogP contribution in [0.3, 0.4) is 0 Å². The summed E-state index contributed by atoms with van der Waals surface area (Å²) >= 11 is 12.3. The quantitative estimate of drug-likeness (QED) is 0.755. The van der Waals surface area contributed by atoms with Crippen molar-refractivity contribution in [2.24, 2.45) is 0 Å². The summed E-state index contributed by atoms with van der Waals surface area (Å²) < 4.78 is 0. The Morgan fingerprint density at radius 2 is 1.75 bits per heavy atom. The number of rotatable bonds is 1. The van der Waals surface area contributed by atoms with Crippen LogP contribution in [0.5, 0.6) is 0 Å². The Kier molecular flexibility index (Phi) is 3.45. The Balaban J connectivity index is 2.08. The summed E-state index contributed by atoms with van der Waals surface area (Å²) in [5.74, 6) is -0.141. The fraction of sp³-hybridized carbons (Fsp3) is 0.188. The van der Waals surface area contributed by atoms with E-state index in [9.17, 15) is 4.79 Å². The smallest absolute Gasteiger partial charge is 0.261 e. The van der Waals surface area contributed by atoms with Gasteiger partial charge in [-0.15, -0.1) is 0 Å². The lowest BCUT2D eigenvalue weighted by molar-refractivity contribution is 0.0982. The van der Waals surface area contributed by atoms with Gasteiger partial charge in [-0.05, 0) is 37.1 Å². The van der Waals surface area contributed by atoms with Gasteiger partial charge in [0.25, 0.3) is 5.91 Å². The van der Waals surface area contributed by atoms with Crippen molar-refractivity contribution in [2.75, 3.05) is 4.90 Å². The molecule has 2 nitrogen and oxygen atoms in total. The Morgan fingerprint density at radius 3 is 2.45 bits per heavy atom. The fourth-order valence-corrected chi connectivity index (χ4v) is 3.26. The van der Waals surface area contributed by atoms with Crippen molar-refractivity contribution in [3.8, 4) is 0 Å². The van der Waals surface area contributed by atoms with Crippen molar-refractivity contribution in [1.82, 2.24) is 0 Å². The maximum absolute atomic E-state index is 12.8. The number of hydrogen-bond donors (Lipinski definition) is 0. The van der Waals surface area contributed by atoms with Crippen LogP contribution in [0.1, 0.15) is 22.8 Å². The molecule has 1 aliphatic heterocycles. The first-order chi connectivity index (χ1) is 9.59. The SMILES string of the molecule is C[C@@H]1Cc2ccccc2N1C(=O)c1c(Cl)cccc1Cl. The third-order valence-corrected chi connectivity index (χ3v) is 4.23. The van der Waals surface area contributed by atoms with E-state index in [0.29, 0.717) is 15.6 Å². The summed E-state index contributed by atoms with van der Waals surface area (Å²) in [4.78, 5) is 14.6. The molecule has 1 atom stereocenters. The molecule has 0 radical (unpaired) electrons. The van der Waals surface area contributed by atoms with Crippen LogP contribution in [0.2, 0.25) is 10.0 Å². The van der Waals surface area contributed by atoms with Crippen LogP contribution in [-0.4, -0.2) is 11.9 Å². The summed E-state index contributed by atoms with van der Waals surface area (Å²) in [7, 11) is 0. The summed E-state index contributed by atoms with van der Waals surface area (Å²) in [6, 6.07) is 13.2. The molecule has 0 unspecified atom stereocenters. The van der Waals surface area contributed by atoms with Crippen molar-refractivity contribution >= 4 is 34.8 Å². The molecule has 0 fully saturated rings. The molecule has 3 rings (SSSR count). The van der Waals surface area contributed by atoms with Crippen LogP contribution in [0.4, 0.5) is 5.69 Å². The molecule has 0 aromatic heterocycles. The van der Waals surface area contributed by atoms with E-state index >= 15 is 0 Å². The third kappa shape index (κ3) is 2.09. The molecule has 1 heterocycles. The Labute approximate surface area is 127 Å². The Hall–Kier alpha value is -1.51. The zero-order valence-corrected chi connectivity index (χ0v) is 12.4. The highest BCUT2D eigenvalue weighted by atomic mass is 35.5. The molecule has 0 saturated heterocycles. The van der Waals surface area contributed by atoms with E-state index in [0.717, 1.165) is 12.1 Å². The highest BCUT2D eigenvalue weighted by Crippen LogP contribution is 2.35. The van der Waals surface area contributed by atoms with Gasteiger partial charge < -0.3 is 4.90 Å². The molecule has 0 bridgehead atoms. The van der Waals surface area contributed by atoms with Crippen molar-refractivity contribution < 1.29 is 4.79 Å². The van der Waals surface area contributed by atoms with E-state index in [1.807, 2.05) is 31.2 Å². The van der Waals surface area contributed by atoms with Crippen LogP contribution in [-0.2, 0) is 6.42 Å². The highest BCUT2D eigenvalue weighted by molar-refractivity contribution is 6.40. The molecule has 4 heteroatoms. The second kappa shape index (κ2) is 5.12. The second-order valence-corrected chi connectivity index (χ2v) is 5.77. The van der Waals surface area contributed by atoms with Gasteiger partial charge in [-0.25, -0.2) is 0 Å². The molecule has 2 aromatic carbocycles. The molecule has 1 amide bonds. The summed E-state index contributed by atoms with van der Waals surface area (Å²) in [6.45, 7) is 2.03. The number of fused-ring (bicyclic) bond motifs is 1. The Bertz CT molecular complexity index is 664. The predicted octanol–water partition coefficient (Wildman–Crippen LogP) is 4.58. The Morgan fingerprint density at radius 1 is 1.10 bits per heavy atom. The zero-order chi connectivity index (χ0) is 14.3. The topological polar surface area (TPSA) is 20.3 Å². The minimum Gasteiger partial charge on any atom is -0.305 e. The van der Waals surface area contributed by atoms with E-state index in [-0.39, 0.29) is 11.9 Å². The number of anilines is 1. The molecule has 0 saturated carbocycles. The molecule has 20 heavy (non-hydrogen) atoms. The number of amides is 1. The lowest BCUT2D eigenvalue weighted by atomic mass is 10.1. The molecule has 0 spiro atoms. The standard InChI is InChI=1S/C16H13Cl2NO/c1-10-9-11-5-2-3-8-14(11)19(10)16(20)15-12(17)6-4-7-13(15)18/h2-8,10H,9H2,1H3/t10-/m1/s1. The zero-order valence-electron chi connectivity index (χ0n) is 10.9. The van der Waals surface area contributed by atoms with Crippen LogP contribution in [0.25, 0.3) is 0 Å². The summed E-state index contributed by atoms with van der Waals surface area (Å²) in [5.41, 5.74) is 2.50. The van der Waals surface area contributed by atoms with Crippen LogP contribution in [0, 0.1) is 0 Å². The van der Waals surface area contributed by atoms with Gasteiger partial charge in [0, 0.05) is 11.7 Å². The van der Waals surface area contributed by atoms with Crippen LogP contribution < -0.4 is 4.90 Å². The largest absolute Gasteiger partial charge is 0.305 e. The van der Waals surface area contributed by atoms with Crippen molar-refractivity contribution in [2.45, 2.75) is 19.4 Å². The number of para-hydroxylation sites is 1. The number of carbonyl (C=O) groups excluding carboxylic acids is 1. The number of halogens is 2. The molecular weight excluding hydrogens is 293 g/mol. The average Bonchev–Trinajstić information content (AvgIpc) is 2.74. The van der Waals surface area contributed by atoms with Gasteiger partial charge >= 0.3 is 0 Å². The normalized spacial score (nSPS) is 17.1. The number of carbonyl (C=O) groups is 1. The van der Waals surface area contributed by atoms with E-state index in [2.05, 4.69) is 0 Å². The number of nitrogens with zero attached hydrogens (tertiary/aromatic N) is 1. The van der Waals surface area contributed by atoms with Gasteiger partial charge in [0.05, 0.1) is 15.6 Å². The first-order valence-electron chi connectivity index (χ1n) is 6.45. The van der Waals surface area contributed by atoms with E-state index < -0.39 is 0 Å². The number of hydrogen-bond acceptors (Lipinski definition) is 1. The average molecular weight is 306 g/mol. The van der Waals surface area contributed by atoms with Gasteiger partial charge in [-0.2, -0.15) is 0 Å². The minimum atomic E-state index is -0.141. The highest BCUT2D eigenvalue weighted by Gasteiger charge is 2.32. The maximum atomic E-state index is 12.8. The summed E-state index contributed by atoms with van der Waals surface area (Å²) in [6.07, 6.45) is 0.851. The second-order valence-electron chi connectivity index (χ2n) is 4.95. The molecule has 1 aliphatic rings. The predicted molar refractivity (Wildman–Crippen MR) is 82.9 cm³/mol. The van der Waals surface area contributed by atoms with E-state index in [4.69, 9.17) is 23.2 Å². The van der Waals surface area contributed by atoms with Gasteiger partial charge in [0.15, 0.2) is 0 Å². The maximum Gasteiger partial charge on any atom is 0.261 e. The van der Waals surface area contributed by atoms with Crippen LogP contribution in [0.15, 0.2) is 42.5 Å². The van der Waals surface area contributed by atoms with Gasteiger partial charge in [0.1, 0.15) is 0 Å². The van der Waals surface area contributed by atoms with Crippen LogP contribution >= 0.6 is 23.2 Å². The molecular formula is C16H13Cl2NO. The summed E-state index contributed by atoms with van der Waals surface area (Å²) in [5, 5.41) is 0.776. The van der Waals surface area contributed by atoms with Gasteiger partial charge in [0.2, 0.25) is 0 Å². The first kappa shape index (κ1) is 13.5. The van der Waals surface area contributed by atoms with Gasteiger partial charge in [-0.1, -0.05) is 47.5 Å². The van der Waals surface area contributed by atoms with Crippen molar-refractivity contribution in [1.29, 1.82) is 0 Å². The fourth-order valence-electron chi connectivity index (χ4n) is 2.70. The molecule has 102 valence electrons. The molecule has 0 N–H and O–H groups in total. The van der Waals surface area contributed by atoms with Gasteiger partial charge in [-0.3, -0.25) is 4.79 Å².